The van der Waals surface area contributed by atoms with Crippen LogP contribution in [0.4, 0.5) is 5.69 Å². The van der Waals surface area contributed by atoms with Gasteiger partial charge in [0.05, 0.1) is 0 Å². The third-order valence-corrected chi connectivity index (χ3v) is 4.47. The number of hydrogen-bond donors (Lipinski definition) is 3. The first kappa shape index (κ1) is 20.8. The number of aryl methyl sites for hydroxylation is 1. The molecule has 0 unspecified atom stereocenters. The van der Waals surface area contributed by atoms with Gasteiger partial charge in [0, 0.05) is 48.2 Å². The SMILES string of the molecule is Cn1cc(C(=O)Cc2cccc(NC(=O)c3ccccc3)c2)cc1/C=C/C(=O)NO. The number of Topliss-reactive ketones (excluding diaryl/α,β-unsaturated/α-hetero) is 1. The average Bonchev–Trinajstić information content (AvgIpc) is 3.13. The molecule has 0 aliphatic rings. The number of carbonyl (C=O) groups is 3. The lowest BCUT2D eigenvalue weighted by molar-refractivity contribution is -0.124. The van der Waals surface area contributed by atoms with Gasteiger partial charge in [0.15, 0.2) is 5.78 Å². The zero-order chi connectivity index (χ0) is 21.5. The molecule has 0 fully saturated rings. The van der Waals surface area contributed by atoms with Crippen molar-refractivity contribution in [1.29, 1.82) is 0 Å². The maximum absolute atomic E-state index is 12.7. The summed E-state index contributed by atoms with van der Waals surface area (Å²) in [4.78, 5) is 36.1. The lowest BCUT2D eigenvalue weighted by Gasteiger charge is -2.07. The Labute approximate surface area is 173 Å². The Bertz CT molecular complexity index is 1100. The lowest BCUT2D eigenvalue weighted by atomic mass is 10.0. The van der Waals surface area contributed by atoms with Crippen molar-refractivity contribution in [2.75, 3.05) is 5.32 Å². The fourth-order valence-corrected chi connectivity index (χ4v) is 2.94. The van der Waals surface area contributed by atoms with Gasteiger partial charge in [-0.2, -0.15) is 0 Å². The highest BCUT2D eigenvalue weighted by atomic mass is 16.5. The Hall–Kier alpha value is -3.97. The topological polar surface area (TPSA) is 100 Å². The van der Waals surface area contributed by atoms with Crippen molar-refractivity contribution in [3.8, 4) is 0 Å². The zero-order valence-corrected chi connectivity index (χ0v) is 16.3. The molecule has 0 spiro atoms. The number of hydroxylamine groups is 1. The van der Waals surface area contributed by atoms with Crippen LogP contribution in [0.25, 0.3) is 6.08 Å². The number of ketones is 1. The number of hydrogen-bond acceptors (Lipinski definition) is 4. The van der Waals surface area contributed by atoms with Gasteiger partial charge < -0.3 is 9.88 Å². The minimum Gasteiger partial charge on any atom is -0.350 e. The van der Waals surface area contributed by atoms with Gasteiger partial charge in [0.25, 0.3) is 11.8 Å². The maximum Gasteiger partial charge on any atom is 0.267 e. The van der Waals surface area contributed by atoms with E-state index in [0.29, 0.717) is 22.5 Å². The molecule has 0 saturated heterocycles. The van der Waals surface area contributed by atoms with Gasteiger partial charge in [0.2, 0.25) is 0 Å². The molecule has 3 N–H and O–H groups in total. The Morgan fingerprint density at radius 2 is 1.77 bits per heavy atom. The Kier molecular flexibility index (Phi) is 6.56. The van der Waals surface area contributed by atoms with Crippen molar-refractivity contribution in [3.63, 3.8) is 0 Å². The summed E-state index contributed by atoms with van der Waals surface area (Å²) in [5.74, 6) is -0.965. The second-order valence-electron chi connectivity index (χ2n) is 6.69. The fourth-order valence-electron chi connectivity index (χ4n) is 2.94. The first-order chi connectivity index (χ1) is 14.5. The van der Waals surface area contributed by atoms with Crippen molar-refractivity contribution in [2.45, 2.75) is 6.42 Å². The predicted octanol–water partition coefficient (Wildman–Crippen LogP) is 3.22. The van der Waals surface area contributed by atoms with Gasteiger partial charge in [0.1, 0.15) is 0 Å². The molecule has 0 aliphatic heterocycles. The van der Waals surface area contributed by atoms with Crippen LogP contribution >= 0.6 is 0 Å². The maximum atomic E-state index is 12.7. The number of nitrogens with zero attached hydrogens (tertiary/aromatic N) is 1. The summed E-state index contributed by atoms with van der Waals surface area (Å²) >= 11 is 0. The zero-order valence-electron chi connectivity index (χ0n) is 16.3. The molecule has 1 aromatic heterocycles. The molecular formula is C23H21N3O4. The smallest absolute Gasteiger partial charge is 0.267 e. The minimum absolute atomic E-state index is 0.0941. The number of anilines is 1. The number of nitrogens with one attached hydrogen (secondary N) is 2. The molecule has 1 heterocycles. The van der Waals surface area contributed by atoms with Gasteiger partial charge in [-0.3, -0.25) is 19.6 Å². The molecule has 152 valence electrons. The largest absolute Gasteiger partial charge is 0.350 e. The first-order valence-corrected chi connectivity index (χ1v) is 9.23. The molecule has 0 aliphatic carbocycles. The van der Waals surface area contributed by atoms with E-state index in [4.69, 9.17) is 5.21 Å². The predicted molar refractivity (Wildman–Crippen MR) is 113 cm³/mol. The molecule has 0 bridgehead atoms. The van der Waals surface area contributed by atoms with Gasteiger partial charge in [-0.15, -0.1) is 0 Å². The first-order valence-electron chi connectivity index (χ1n) is 9.23. The van der Waals surface area contributed by atoms with Crippen LogP contribution in [0.2, 0.25) is 0 Å². The third-order valence-electron chi connectivity index (χ3n) is 4.47. The molecule has 3 rings (SSSR count). The van der Waals surface area contributed by atoms with Crippen molar-refractivity contribution < 1.29 is 19.6 Å². The summed E-state index contributed by atoms with van der Waals surface area (Å²) in [6, 6.07) is 17.7. The van der Waals surface area contributed by atoms with E-state index >= 15 is 0 Å². The van der Waals surface area contributed by atoms with Gasteiger partial charge in [-0.1, -0.05) is 30.3 Å². The van der Waals surface area contributed by atoms with Crippen LogP contribution in [0.5, 0.6) is 0 Å². The average molecular weight is 403 g/mol. The van der Waals surface area contributed by atoms with Crippen molar-refractivity contribution in [1.82, 2.24) is 10.0 Å². The van der Waals surface area contributed by atoms with E-state index in [1.165, 1.54) is 17.6 Å². The molecule has 30 heavy (non-hydrogen) atoms. The highest BCUT2D eigenvalue weighted by Crippen LogP contribution is 2.16. The Morgan fingerprint density at radius 3 is 2.50 bits per heavy atom. The number of rotatable bonds is 7. The van der Waals surface area contributed by atoms with E-state index in [2.05, 4.69) is 5.32 Å². The molecule has 0 atom stereocenters. The van der Waals surface area contributed by atoms with Crippen LogP contribution in [0.15, 0.2) is 72.9 Å². The summed E-state index contributed by atoms with van der Waals surface area (Å²) in [5.41, 5.74) is 4.59. The van der Waals surface area contributed by atoms with E-state index in [1.54, 1.807) is 66.3 Å². The highest BCUT2D eigenvalue weighted by molar-refractivity contribution is 6.04. The van der Waals surface area contributed by atoms with E-state index in [-0.39, 0.29) is 18.1 Å². The van der Waals surface area contributed by atoms with Crippen molar-refractivity contribution in [2.24, 2.45) is 7.05 Å². The lowest BCUT2D eigenvalue weighted by Crippen LogP contribution is -2.14. The molecule has 3 aromatic rings. The minimum atomic E-state index is -0.654. The van der Waals surface area contributed by atoms with E-state index in [9.17, 15) is 14.4 Å². The summed E-state index contributed by atoms with van der Waals surface area (Å²) in [5, 5.41) is 11.4. The normalized spacial score (nSPS) is 10.7. The van der Waals surface area contributed by atoms with E-state index in [0.717, 1.165) is 5.56 Å². The van der Waals surface area contributed by atoms with Crippen molar-refractivity contribution >= 4 is 29.4 Å². The van der Waals surface area contributed by atoms with Crippen LogP contribution in [0.3, 0.4) is 0 Å². The summed E-state index contributed by atoms with van der Waals surface area (Å²) in [7, 11) is 1.76. The number of amides is 2. The fraction of sp³-hybridized carbons (Fsp3) is 0.0870. The molecular weight excluding hydrogens is 382 g/mol. The standard InChI is InChI=1S/C23H21N3O4/c1-26-15-18(14-20(26)10-11-22(28)25-30)21(27)13-16-6-5-9-19(12-16)24-23(29)17-7-3-2-4-8-17/h2-12,14-15,30H,13H2,1H3,(H,24,29)(H,25,28)/b11-10+. The molecule has 7 nitrogen and oxygen atoms in total. The highest BCUT2D eigenvalue weighted by Gasteiger charge is 2.12. The summed E-state index contributed by atoms with van der Waals surface area (Å²) in [6.07, 6.45) is 4.52. The van der Waals surface area contributed by atoms with Gasteiger partial charge in [-0.25, -0.2) is 5.48 Å². The van der Waals surface area contributed by atoms with E-state index in [1.807, 2.05) is 12.1 Å². The molecule has 0 radical (unpaired) electrons. The molecule has 0 saturated carbocycles. The Balaban J connectivity index is 1.69. The second-order valence-corrected chi connectivity index (χ2v) is 6.69. The van der Waals surface area contributed by atoms with Crippen LogP contribution in [0.1, 0.15) is 32.0 Å². The molecule has 2 aromatic carbocycles. The van der Waals surface area contributed by atoms with Crippen LogP contribution in [0, 0.1) is 0 Å². The third kappa shape index (κ3) is 5.30. The summed E-state index contributed by atoms with van der Waals surface area (Å²) < 4.78 is 1.71. The number of benzene rings is 2. The second kappa shape index (κ2) is 9.49. The Morgan fingerprint density at radius 1 is 1.00 bits per heavy atom. The number of aromatic nitrogens is 1. The quantitative estimate of drug-likeness (QED) is 0.244. The molecule has 2 amide bonds. The van der Waals surface area contributed by atoms with E-state index < -0.39 is 5.91 Å². The van der Waals surface area contributed by atoms with Crippen LogP contribution in [-0.2, 0) is 18.3 Å². The molecule has 7 heteroatoms. The monoisotopic (exact) mass is 403 g/mol. The number of carbonyl (C=O) groups excluding carboxylic acids is 3. The van der Waals surface area contributed by atoms with Gasteiger partial charge in [-0.05, 0) is 42.0 Å². The van der Waals surface area contributed by atoms with Crippen LogP contribution < -0.4 is 10.8 Å². The van der Waals surface area contributed by atoms with Crippen molar-refractivity contribution in [3.05, 3.63) is 95.3 Å². The van der Waals surface area contributed by atoms with Crippen LogP contribution in [-0.4, -0.2) is 27.4 Å². The van der Waals surface area contributed by atoms with Gasteiger partial charge >= 0.3 is 0 Å². The summed E-state index contributed by atoms with van der Waals surface area (Å²) in [6.45, 7) is 0.